The highest BCUT2D eigenvalue weighted by atomic mass is 32.2. The summed E-state index contributed by atoms with van der Waals surface area (Å²) in [5.74, 6) is 0.776. The number of fused-ring (bicyclic) bond motifs is 1. The molecule has 170 valence electrons. The average molecular weight is 484 g/mol. The second-order valence-electron chi connectivity index (χ2n) is 9.07. The summed E-state index contributed by atoms with van der Waals surface area (Å²) in [5.41, 5.74) is 1.07. The molecule has 11 heteroatoms. The van der Waals surface area contributed by atoms with Gasteiger partial charge in [0.15, 0.2) is 0 Å². The molecule has 1 saturated carbocycles. The summed E-state index contributed by atoms with van der Waals surface area (Å²) < 4.78 is 32.4. The Morgan fingerprint density at radius 3 is 2.65 bits per heavy atom. The van der Waals surface area contributed by atoms with Crippen LogP contribution in [0.2, 0.25) is 0 Å². The number of imidazole rings is 1. The largest absolute Gasteiger partial charge is 0.330 e. The third-order valence-corrected chi connectivity index (χ3v) is 10.6. The summed E-state index contributed by atoms with van der Waals surface area (Å²) in [4.78, 5) is 13.8. The standard InChI is InChI=1S/C20H29N5O3S3/c1-12-17(30-13(2)22-12)10-24-15-5-4-14(31(27,28)23-20(3)6-7-20)8-16(15)25(19(24)26)18-9-21-11-29-18/h4-5,8,12-13,17-18,21-23H,6-7,9-11H2,1-3H3. The molecule has 0 radical (unpaired) electrons. The van der Waals surface area contributed by atoms with E-state index in [-0.39, 0.29) is 26.7 Å². The number of hydrogen-bond acceptors (Lipinski definition) is 7. The molecular weight excluding hydrogens is 454 g/mol. The van der Waals surface area contributed by atoms with E-state index in [9.17, 15) is 13.2 Å². The highest BCUT2D eigenvalue weighted by molar-refractivity contribution is 8.00. The number of nitrogens with zero attached hydrogens (tertiary/aromatic N) is 2. The zero-order valence-corrected chi connectivity index (χ0v) is 20.4. The van der Waals surface area contributed by atoms with E-state index in [0.717, 1.165) is 24.2 Å². The molecule has 4 atom stereocenters. The first-order chi connectivity index (χ1) is 14.7. The van der Waals surface area contributed by atoms with Crippen LogP contribution < -0.4 is 21.0 Å². The Morgan fingerprint density at radius 1 is 1.26 bits per heavy atom. The Hall–Kier alpha value is -0.980. The maximum absolute atomic E-state index is 13.5. The molecule has 3 N–H and O–H groups in total. The van der Waals surface area contributed by atoms with Crippen molar-refractivity contribution in [2.45, 2.75) is 72.6 Å². The normalized spacial score (nSPS) is 30.3. The van der Waals surface area contributed by atoms with E-state index < -0.39 is 10.0 Å². The monoisotopic (exact) mass is 483 g/mol. The van der Waals surface area contributed by atoms with E-state index in [1.165, 1.54) is 0 Å². The lowest BCUT2D eigenvalue weighted by molar-refractivity contribution is 0.513. The maximum Gasteiger partial charge on any atom is 0.330 e. The fourth-order valence-corrected chi connectivity index (χ4v) is 8.26. The highest BCUT2D eigenvalue weighted by Gasteiger charge is 2.41. The minimum atomic E-state index is -3.64. The number of benzene rings is 1. The van der Waals surface area contributed by atoms with Gasteiger partial charge in [-0.25, -0.2) is 17.9 Å². The van der Waals surface area contributed by atoms with Crippen molar-refractivity contribution >= 4 is 44.6 Å². The SMILES string of the molecule is CC1NC(C)C(Cn2c(=O)n(C3CNCS3)c3cc(S(=O)(=O)NC4(C)CC4)ccc32)S1. The highest BCUT2D eigenvalue weighted by Crippen LogP contribution is 2.37. The van der Waals surface area contributed by atoms with Gasteiger partial charge in [0.2, 0.25) is 10.0 Å². The number of hydrogen-bond donors (Lipinski definition) is 3. The number of nitrogens with one attached hydrogen (secondary N) is 3. The van der Waals surface area contributed by atoms with Gasteiger partial charge in [0.25, 0.3) is 0 Å². The van der Waals surface area contributed by atoms with Gasteiger partial charge in [-0.15, -0.1) is 23.5 Å². The van der Waals surface area contributed by atoms with E-state index in [4.69, 9.17) is 0 Å². The van der Waals surface area contributed by atoms with Crippen molar-refractivity contribution in [1.82, 2.24) is 24.5 Å². The summed E-state index contributed by atoms with van der Waals surface area (Å²) >= 11 is 3.52. The Balaban J connectivity index is 1.59. The average Bonchev–Trinajstić information content (AvgIpc) is 3.05. The second-order valence-corrected chi connectivity index (χ2v) is 13.5. The smallest absolute Gasteiger partial charge is 0.305 e. The molecule has 0 spiro atoms. The summed E-state index contributed by atoms with van der Waals surface area (Å²) in [6, 6.07) is 5.40. The molecule has 8 nitrogen and oxygen atoms in total. The second kappa shape index (κ2) is 7.81. The first-order valence-corrected chi connectivity index (χ1v) is 14.2. The minimum Gasteiger partial charge on any atom is -0.305 e. The predicted octanol–water partition coefficient (Wildman–Crippen LogP) is 1.87. The van der Waals surface area contributed by atoms with E-state index >= 15 is 0 Å². The van der Waals surface area contributed by atoms with Crippen molar-refractivity contribution in [2.75, 3.05) is 12.4 Å². The van der Waals surface area contributed by atoms with Gasteiger partial charge in [0, 0.05) is 35.8 Å². The van der Waals surface area contributed by atoms with E-state index in [1.807, 2.05) is 23.3 Å². The fraction of sp³-hybridized carbons (Fsp3) is 0.650. The minimum absolute atomic E-state index is 0.0474. The molecule has 1 aromatic heterocycles. The molecular formula is C20H29N5O3S3. The molecule has 0 bridgehead atoms. The summed E-state index contributed by atoms with van der Waals surface area (Å²) in [6.45, 7) is 7.49. The molecule has 31 heavy (non-hydrogen) atoms. The van der Waals surface area contributed by atoms with Gasteiger partial charge in [-0.1, -0.05) is 0 Å². The Morgan fingerprint density at radius 2 is 2.03 bits per heavy atom. The number of thioether (sulfide) groups is 2. The van der Waals surface area contributed by atoms with Gasteiger partial charge >= 0.3 is 5.69 Å². The molecule has 0 amide bonds. The van der Waals surface area contributed by atoms with Crippen LogP contribution in [0.15, 0.2) is 27.9 Å². The summed E-state index contributed by atoms with van der Waals surface area (Å²) in [7, 11) is -3.64. The first kappa shape index (κ1) is 21.8. The molecule has 2 saturated heterocycles. The lowest BCUT2D eigenvalue weighted by Gasteiger charge is -2.15. The molecule has 1 aliphatic carbocycles. The van der Waals surface area contributed by atoms with Gasteiger partial charge in [0.1, 0.15) is 0 Å². The Labute approximate surface area is 191 Å². The van der Waals surface area contributed by atoms with Crippen LogP contribution in [0, 0.1) is 0 Å². The van der Waals surface area contributed by atoms with Crippen molar-refractivity contribution in [2.24, 2.45) is 0 Å². The van der Waals surface area contributed by atoms with Gasteiger partial charge in [0.05, 0.1) is 26.7 Å². The van der Waals surface area contributed by atoms with Crippen molar-refractivity contribution in [3.05, 3.63) is 28.7 Å². The summed E-state index contributed by atoms with van der Waals surface area (Å²) in [5, 5.41) is 7.39. The third kappa shape index (κ3) is 4.08. The molecule has 2 aromatic rings. The van der Waals surface area contributed by atoms with Crippen LogP contribution >= 0.6 is 23.5 Å². The molecule has 4 unspecified atom stereocenters. The van der Waals surface area contributed by atoms with Crippen LogP contribution in [-0.2, 0) is 16.6 Å². The quantitative estimate of drug-likeness (QED) is 0.577. The van der Waals surface area contributed by atoms with Gasteiger partial charge < -0.3 is 10.6 Å². The molecule has 3 fully saturated rings. The van der Waals surface area contributed by atoms with Crippen molar-refractivity contribution < 1.29 is 8.42 Å². The van der Waals surface area contributed by atoms with Crippen LogP contribution in [0.25, 0.3) is 11.0 Å². The third-order valence-electron chi connectivity index (χ3n) is 6.41. The van der Waals surface area contributed by atoms with Gasteiger partial charge in [-0.3, -0.25) is 9.13 Å². The van der Waals surface area contributed by atoms with Crippen LogP contribution in [0.1, 0.15) is 39.0 Å². The first-order valence-electron chi connectivity index (χ1n) is 10.7. The molecule has 5 rings (SSSR count). The van der Waals surface area contributed by atoms with E-state index in [2.05, 4.69) is 29.2 Å². The van der Waals surface area contributed by atoms with Crippen molar-refractivity contribution in [1.29, 1.82) is 0 Å². The predicted molar refractivity (Wildman–Crippen MR) is 127 cm³/mol. The van der Waals surface area contributed by atoms with Crippen molar-refractivity contribution in [3.8, 4) is 0 Å². The fourth-order valence-electron chi connectivity index (χ4n) is 4.40. The zero-order chi connectivity index (χ0) is 22.0. The molecule has 3 aliphatic rings. The lowest BCUT2D eigenvalue weighted by Crippen LogP contribution is -2.35. The van der Waals surface area contributed by atoms with E-state index in [0.29, 0.717) is 30.0 Å². The topological polar surface area (TPSA) is 97.2 Å². The van der Waals surface area contributed by atoms with Crippen molar-refractivity contribution in [3.63, 3.8) is 0 Å². The Bertz CT molecular complexity index is 1160. The van der Waals surface area contributed by atoms with Crippen LogP contribution in [-0.4, -0.2) is 52.2 Å². The molecule has 2 aliphatic heterocycles. The number of aromatic nitrogens is 2. The van der Waals surface area contributed by atoms with Crippen LogP contribution in [0.3, 0.4) is 0 Å². The Kier molecular flexibility index (Phi) is 5.50. The molecule has 1 aromatic carbocycles. The number of rotatable bonds is 6. The van der Waals surface area contributed by atoms with Crippen LogP contribution in [0.5, 0.6) is 0 Å². The maximum atomic E-state index is 13.5. The van der Waals surface area contributed by atoms with Gasteiger partial charge in [-0.05, 0) is 51.8 Å². The zero-order valence-electron chi connectivity index (χ0n) is 17.9. The van der Waals surface area contributed by atoms with E-state index in [1.54, 1.807) is 34.5 Å². The summed E-state index contributed by atoms with van der Waals surface area (Å²) in [6.07, 6.45) is 1.70. The van der Waals surface area contributed by atoms with Crippen LogP contribution in [0.4, 0.5) is 0 Å². The number of sulfonamides is 1. The van der Waals surface area contributed by atoms with Gasteiger partial charge in [-0.2, -0.15) is 0 Å². The lowest BCUT2D eigenvalue weighted by atomic mass is 10.2. The molecule has 3 heterocycles.